The van der Waals surface area contributed by atoms with E-state index in [2.05, 4.69) is 5.32 Å². The highest BCUT2D eigenvalue weighted by Crippen LogP contribution is 2.23. The van der Waals surface area contributed by atoms with Gasteiger partial charge in [0.15, 0.2) is 0 Å². The zero-order valence-electron chi connectivity index (χ0n) is 15.6. The van der Waals surface area contributed by atoms with Gasteiger partial charge in [-0.3, -0.25) is 9.59 Å². The number of nitrogens with zero attached hydrogens (tertiary/aromatic N) is 1. The molecule has 2 N–H and O–H groups in total. The van der Waals surface area contributed by atoms with Gasteiger partial charge >= 0.3 is 5.97 Å². The summed E-state index contributed by atoms with van der Waals surface area (Å²) in [6.07, 6.45) is 0.248. The van der Waals surface area contributed by atoms with E-state index in [1.54, 1.807) is 24.3 Å². The molecule has 1 aliphatic heterocycles. The van der Waals surface area contributed by atoms with Crippen LogP contribution in [0, 0.1) is 0 Å². The van der Waals surface area contributed by atoms with Crippen LogP contribution in [0.2, 0.25) is 0 Å². The first-order chi connectivity index (χ1) is 13.5. The number of fused-ring (bicyclic) bond motifs is 1. The fourth-order valence-corrected chi connectivity index (χ4v) is 3.29. The topological polar surface area (TPSA) is 95.9 Å². The number of ether oxygens (including phenoxy) is 1. The summed E-state index contributed by atoms with van der Waals surface area (Å²) in [6, 6.07) is 13.3. The second-order valence-electron chi connectivity index (χ2n) is 6.46. The Morgan fingerprint density at radius 2 is 1.79 bits per heavy atom. The van der Waals surface area contributed by atoms with Crippen molar-refractivity contribution < 1.29 is 24.2 Å². The summed E-state index contributed by atoms with van der Waals surface area (Å²) in [7, 11) is 0. The molecule has 1 heterocycles. The van der Waals surface area contributed by atoms with Gasteiger partial charge in [-0.15, -0.1) is 0 Å². The van der Waals surface area contributed by atoms with Gasteiger partial charge in [-0.05, 0) is 30.2 Å². The van der Waals surface area contributed by atoms with Gasteiger partial charge in [-0.2, -0.15) is 0 Å². The largest absolute Gasteiger partial charge is 0.493 e. The van der Waals surface area contributed by atoms with E-state index in [1.165, 1.54) is 4.90 Å². The highest BCUT2D eigenvalue weighted by molar-refractivity contribution is 5.99. The van der Waals surface area contributed by atoms with E-state index in [1.807, 2.05) is 31.2 Å². The average molecular weight is 382 g/mol. The molecular weight excluding hydrogens is 360 g/mol. The number of para-hydroxylation sites is 1. The molecule has 0 radical (unpaired) electrons. The first-order valence-corrected chi connectivity index (χ1v) is 9.10. The third kappa shape index (κ3) is 4.14. The Labute approximate surface area is 162 Å². The number of carboxylic acid groups (broad SMARTS) is 1. The highest BCUT2D eigenvalue weighted by Gasteiger charge is 2.34. The first kappa shape index (κ1) is 19.4. The van der Waals surface area contributed by atoms with Gasteiger partial charge in [-0.25, -0.2) is 4.79 Å². The maximum atomic E-state index is 12.7. The lowest BCUT2D eigenvalue weighted by atomic mass is 9.94. The van der Waals surface area contributed by atoms with E-state index in [-0.39, 0.29) is 19.5 Å². The Kier molecular flexibility index (Phi) is 5.93. The zero-order chi connectivity index (χ0) is 20.1. The number of benzene rings is 2. The third-order valence-electron chi connectivity index (χ3n) is 4.69. The molecule has 1 aliphatic rings. The monoisotopic (exact) mass is 382 g/mol. The Balaban J connectivity index is 1.70. The van der Waals surface area contributed by atoms with Gasteiger partial charge < -0.3 is 20.1 Å². The van der Waals surface area contributed by atoms with E-state index in [0.717, 1.165) is 11.1 Å². The molecule has 1 unspecified atom stereocenters. The van der Waals surface area contributed by atoms with Crippen LogP contribution in [0.5, 0.6) is 5.75 Å². The quantitative estimate of drug-likeness (QED) is 0.795. The Hall–Kier alpha value is -3.35. The number of carbonyl (C=O) groups excluding carboxylic acids is 2. The number of amides is 2. The lowest BCUT2D eigenvalue weighted by Crippen LogP contribution is -2.51. The first-order valence-electron chi connectivity index (χ1n) is 9.10. The minimum Gasteiger partial charge on any atom is -0.493 e. The molecule has 2 aromatic carbocycles. The van der Waals surface area contributed by atoms with Gasteiger partial charge in [0.2, 0.25) is 5.91 Å². The van der Waals surface area contributed by atoms with Crippen molar-refractivity contribution in [1.29, 1.82) is 0 Å². The molecular formula is C21H22N2O5. The molecule has 0 spiro atoms. The summed E-state index contributed by atoms with van der Waals surface area (Å²) < 4.78 is 5.43. The van der Waals surface area contributed by atoms with E-state index in [4.69, 9.17) is 4.74 Å². The van der Waals surface area contributed by atoms with E-state index < -0.39 is 23.8 Å². The normalized spacial score (nSPS) is 15.5. The fraction of sp³-hybridized carbons (Fsp3) is 0.286. The minimum atomic E-state index is -1.06. The molecule has 2 aromatic rings. The number of carbonyl (C=O) groups is 3. The molecule has 0 saturated carbocycles. The molecule has 0 aliphatic carbocycles. The van der Waals surface area contributed by atoms with Crippen molar-refractivity contribution in [3.63, 3.8) is 0 Å². The molecule has 2 amide bonds. The van der Waals surface area contributed by atoms with E-state index >= 15 is 0 Å². The number of hydrogen-bond donors (Lipinski definition) is 2. The van der Waals surface area contributed by atoms with Crippen molar-refractivity contribution in [2.24, 2.45) is 0 Å². The molecule has 0 fully saturated rings. The maximum absolute atomic E-state index is 12.7. The van der Waals surface area contributed by atoms with Gasteiger partial charge in [0, 0.05) is 13.0 Å². The number of hydrogen-bond acceptors (Lipinski definition) is 4. The van der Waals surface area contributed by atoms with E-state index in [0.29, 0.717) is 17.9 Å². The molecule has 28 heavy (non-hydrogen) atoms. The molecule has 1 atom stereocenters. The molecule has 0 saturated heterocycles. The van der Waals surface area contributed by atoms with Crippen LogP contribution >= 0.6 is 0 Å². The Morgan fingerprint density at radius 3 is 2.50 bits per heavy atom. The SMILES string of the molecule is CCOc1ccccc1C(=O)NCC(=O)N1Cc2ccccc2CC1C(=O)O. The lowest BCUT2D eigenvalue weighted by molar-refractivity contribution is -0.150. The Bertz CT molecular complexity index is 896. The van der Waals surface area contributed by atoms with Crippen LogP contribution in [0.4, 0.5) is 0 Å². The summed E-state index contributed by atoms with van der Waals surface area (Å²) in [5.41, 5.74) is 2.17. The van der Waals surface area contributed by atoms with Crippen LogP contribution in [0.1, 0.15) is 28.4 Å². The van der Waals surface area contributed by atoms with Crippen LogP contribution in [0.15, 0.2) is 48.5 Å². The van der Waals surface area contributed by atoms with Crippen LogP contribution in [0.3, 0.4) is 0 Å². The summed E-state index contributed by atoms with van der Waals surface area (Å²) in [5.74, 6) is -1.51. The second-order valence-corrected chi connectivity index (χ2v) is 6.46. The summed E-state index contributed by atoms with van der Waals surface area (Å²) >= 11 is 0. The number of nitrogens with one attached hydrogen (secondary N) is 1. The molecule has 0 aromatic heterocycles. The van der Waals surface area contributed by atoms with Crippen molar-refractivity contribution in [3.8, 4) is 5.75 Å². The number of aliphatic carboxylic acids is 1. The van der Waals surface area contributed by atoms with Crippen LogP contribution in [-0.4, -0.2) is 47.0 Å². The van der Waals surface area contributed by atoms with Crippen molar-refractivity contribution >= 4 is 17.8 Å². The standard InChI is InChI=1S/C21H22N2O5/c1-2-28-18-10-6-5-9-16(18)20(25)22-12-19(24)23-13-15-8-4-3-7-14(15)11-17(23)21(26)27/h3-10,17H,2,11-13H2,1H3,(H,22,25)(H,26,27). The highest BCUT2D eigenvalue weighted by atomic mass is 16.5. The van der Waals surface area contributed by atoms with Gasteiger partial charge in [-0.1, -0.05) is 36.4 Å². The van der Waals surface area contributed by atoms with Gasteiger partial charge in [0.1, 0.15) is 11.8 Å². The van der Waals surface area contributed by atoms with Crippen LogP contribution in [-0.2, 0) is 22.6 Å². The van der Waals surface area contributed by atoms with Crippen molar-refractivity contribution in [2.45, 2.75) is 25.9 Å². The molecule has 146 valence electrons. The predicted octanol–water partition coefficient (Wildman–Crippen LogP) is 1.85. The molecule has 7 heteroatoms. The maximum Gasteiger partial charge on any atom is 0.326 e. The van der Waals surface area contributed by atoms with Crippen molar-refractivity contribution in [2.75, 3.05) is 13.2 Å². The van der Waals surface area contributed by atoms with Crippen LogP contribution in [0.25, 0.3) is 0 Å². The van der Waals surface area contributed by atoms with Gasteiger partial charge in [0.25, 0.3) is 5.91 Å². The summed E-state index contributed by atoms with van der Waals surface area (Å²) in [5, 5.41) is 12.1. The fourth-order valence-electron chi connectivity index (χ4n) is 3.29. The third-order valence-corrected chi connectivity index (χ3v) is 4.69. The zero-order valence-corrected chi connectivity index (χ0v) is 15.6. The lowest BCUT2D eigenvalue weighted by Gasteiger charge is -2.34. The van der Waals surface area contributed by atoms with E-state index in [9.17, 15) is 19.5 Å². The average Bonchev–Trinajstić information content (AvgIpc) is 2.71. The van der Waals surface area contributed by atoms with Gasteiger partial charge in [0.05, 0.1) is 18.7 Å². The Morgan fingerprint density at radius 1 is 1.11 bits per heavy atom. The molecule has 3 rings (SSSR count). The van der Waals surface area contributed by atoms with Crippen LogP contribution < -0.4 is 10.1 Å². The number of carboxylic acids is 1. The summed E-state index contributed by atoms with van der Waals surface area (Å²) in [4.78, 5) is 38.1. The minimum absolute atomic E-state index is 0.206. The smallest absolute Gasteiger partial charge is 0.326 e. The van der Waals surface area contributed by atoms with Crippen molar-refractivity contribution in [1.82, 2.24) is 10.2 Å². The number of rotatable bonds is 6. The summed E-state index contributed by atoms with van der Waals surface area (Å²) in [6.45, 7) is 2.15. The van der Waals surface area contributed by atoms with Crippen molar-refractivity contribution in [3.05, 3.63) is 65.2 Å². The molecule has 0 bridgehead atoms. The predicted molar refractivity (Wildman–Crippen MR) is 102 cm³/mol. The second kappa shape index (κ2) is 8.56. The molecule has 7 nitrogen and oxygen atoms in total.